The van der Waals surface area contributed by atoms with Crippen LogP contribution in [0.15, 0.2) is 0 Å². The van der Waals surface area contributed by atoms with Crippen molar-refractivity contribution in [1.29, 1.82) is 0 Å². The Balaban J connectivity index is 1.55. The monoisotopic (exact) mass is 576 g/mol. The highest BCUT2D eigenvalue weighted by Crippen LogP contribution is 2.49. The van der Waals surface area contributed by atoms with Crippen LogP contribution in [0.5, 0.6) is 0 Å². The van der Waals surface area contributed by atoms with Gasteiger partial charge in [0.2, 0.25) is 0 Å². The van der Waals surface area contributed by atoms with Gasteiger partial charge in [0.15, 0.2) is 6.10 Å². The van der Waals surface area contributed by atoms with E-state index in [1.807, 2.05) is 6.92 Å². The summed E-state index contributed by atoms with van der Waals surface area (Å²) in [7, 11) is -2.11. The molecule has 0 amide bonds. The molecular weight excluding hydrogens is 517 g/mol. The number of rotatable bonds is 23. The number of carbonyl (C=O) groups excluding carboxylic acids is 1. The van der Waals surface area contributed by atoms with Crippen LogP contribution >= 0.6 is 7.82 Å². The largest absolute Gasteiger partial charge is 0.472 e. The highest BCUT2D eigenvalue weighted by molar-refractivity contribution is 7.47. The molecule has 0 saturated carbocycles. The van der Waals surface area contributed by atoms with Crippen molar-refractivity contribution < 1.29 is 37.3 Å². The van der Waals surface area contributed by atoms with Crippen molar-refractivity contribution in [3.63, 3.8) is 0 Å². The summed E-state index contributed by atoms with van der Waals surface area (Å²) in [6.07, 6.45) is 18.7. The number of hydrogen-bond donors (Lipinski definition) is 1. The van der Waals surface area contributed by atoms with Gasteiger partial charge >= 0.3 is 13.8 Å². The normalized spacial score (nSPS) is 25.8. The van der Waals surface area contributed by atoms with Gasteiger partial charge in [-0.2, -0.15) is 0 Å². The van der Waals surface area contributed by atoms with E-state index in [9.17, 15) is 14.3 Å². The molecule has 0 aliphatic carbocycles. The van der Waals surface area contributed by atoms with Gasteiger partial charge in [0.05, 0.1) is 32.8 Å². The third kappa shape index (κ3) is 14.8. The molecule has 39 heavy (non-hydrogen) atoms. The van der Waals surface area contributed by atoms with Gasteiger partial charge in [0, 0.05) is 32.3 Å². The van der Waals surface area contributed by atoms with Crippen LogP contribution in [0.2, 0.25) is 0 Å². The second kappa shape index (κ2) is 18.8. The van der Waals surface area contributed by atoms with Crippen LogP contribution in [0.3, 0.4) is 0 Å². The third-order valence-corrected chi connectivity index (χ3v) is 9.63. The summed E-state index contributed by atoms with van der Waals surface area (Å²) in [5, 5.41) is 0. The quantitative estimate of drug-likeness (QED) is 0.0596. The van der Waals surface area contributed by atoms with E-state index >= 15 is 0 Å². The molecule has 0 aromatic rings. The van der Waals surface area contributed by atoms with Crippen molar-refractivity contribution in [2.75, 3.05) is 39.9 Å². The van der Waals surface area contributed by atoms with Crippen LogP contribution in [0.25, 0.3) is 0 Å². The van der Waals surface area contributed by atoms with Crippen LogP contribution in [0, 0.1) is 5.92 Å². The Morgan fingerprint density at radius 3 is 1.92 bits per heavy atom. The molecule has 3 aliphatic heterocycles. The minimum Gasteiger partial charge on any atom is -0.457 e. The standard InChI is InChI=1S/C30H58NO7P/c1-5-6-7-8-9-10-11-12-13-14-15-16-17-18-23-35-26(2)30(37-27(3)32)25-36-39(33,34)38-29-24-31(4)21-19-28(29)20-22-31/h26,28-30H,5-25H2,1-4H3/p+1. The molecule has 2 bridgehead atoms. The van der Waals surface area contributed by atoms with Gasteiger partial charge in [-0.05, 0) is 13.3 Å². The molecule has 230 valence electrons. The number of fused-ring (bicyclic) bond motifs is 3. The van der Waals surface area contributed by atoms with Gasteiger partial charge in [-0.3, -0.25) is 13.8 Å². The number of unbranched alkanes of at least 4 members (excludes halogenated alkanes) is 13. The van der Waals surface area contributed by atoms with E-state index in [4.69, 9.17) is 18.5 Å². The zero-order valence-corrected chi connectivity index (χ0v) is 26.3. The van der Waals surface area contributed by atoms with Gasteiger partial charge < -0.3 is 18.9 Å². The molecule has 0 radical (unpaired) electrons. The Bertz CT molecular complexity index is 713. The first-order valence-corrected chi connectivity index (χ1v) is 17.4. The number of likely N-dealkylation sites (N-methyl/N-ethyl adjacent to an activating group) is 1. The van der Waals surface area contributed by atoms with Gasteiger partial charge in [-0.1, -0.05) is 90.4 Å². The van der Waals surface area contributed by atoms with E-state index in [2.05, 4.69) is 14.0 Å². The molecule has 3 aliphatic rings. The molecule has 3 saturated heterocycles. The zero-order valence-electron chi connectivity index (χ0n) is 25.4. The summed E-state index contributed by atoms with van der Waals surface area (Å²) in [6.45, 7) is 8.61. The second-order valence-corrected chi connectivity index (χ2v) is 13.7. The lowest BCUT2D eigenvalue weighted by molar-refractivity contribution is -0.928. The number of hydrogen-bond acceptors (Lipinski definition) is 6. The zero-order chi connectivity index (χ0) is 28.6. The maximum absolute atomic E-state index is 12.7. The molecule has 0 spiro atoms. The lowest BCUT2D eigenvalue weighted by Crippen LogP contribution is -2.61. The van der Waals surface area contributed by atoms with Crippen molar-refractivity contribution in [2.45, 2.75) is 142 Å². The molecule has 1 N–H and O–H groups in total. The fourth-order valence-corrected chi connectivity index (χ4v) is 6.97. The summed E-state index contributed by atoms with van der Waals surface area (Å²) in [5.41, 5.74) is 0. The lowest BCUT2D eigenvalue weighted by atomic mass is 9.84. The van der Waals surface area contributed by atoms with Gasteiger partial charge in [-0.25, -0.2) is 4.57 Å². The average molecular weight is 577 g/mol. The number of nitrogens with zero attached hydrogens (tertiary/aromatic N) is 1. The fraction of sp³-hybridized carbons (Fsp3) is 0.967. The molecule has 3 heterocycles. The van der Waals surface area contributed by atoms with E-state index in [1.54, 1.807) is 0 Å². The Morgan fingerprint density at radius 1 is 0.923 bits per heavy atom. The van der Waals surface area contributed by atoms with Crippen LogP contribution in [-0.4, -0.2) is 73.6 Å². The Labute approximate surface area is 238 Å². The molecule has 4 atom stereocenters. The molecule has 8 nitrogen and oxygen atoms in total. The SMILES string of the molecule is CCCCCCCCCCCCCCCCOC(C)C(COP(=O)(O)OC1C[N+]2(C)CCC1CC2)OC(C)=O. The Morgan fingerprint density at radius 2 is 1.44 bits per heavy atom. The Hall–Kier alpha value is -0.500. The summed E-state index contributed by atoms with van der Waals surface area (Å²) in [5.74, 6) is -0.176. The molecular formula is C30H59NO7P+. The predicted molar refractivity (Wildman–Crippen MR) is 155 cm³/mol. The molecule has 3 rings (SSSR count). The van der Waals surface area contributed by atoms with E-state index in [0.29, 0.717) is 12.5 Å². The number of esters is 1. The third-order valence-electron chi connectivity index (χ3n) is 8.62. The van der Waals surface area contributed by atoms with Crippen LogP contribution in [0.1, 0.15) is 124 Å². The van der Waals surface area contributed by atoms with E-state index in [0.717, 1.165) is 49.8 Å². The van der Waals surface area contributed by atoms with Crippen LogP contribution in [-0.2, 0) is 27.9 Å². The van der Waals surface area contributed by atoms with Gasteiger partial charge in [0.1, 0.15) is 12.6 Å². The molecule has 9 heteroatoms. The minimum absolute atomic E-state index is 0.239. The topological polar surface area (TPSA) is 91.3 Å². The minimum atomic E-state index is -4.28. The van der Waals surface area contributed by atoms with Crippen LogP contribution in [0.4, 0.5) is 0 Å². The number of carbonyl (C=O) groups is 1. The van der Waals surface area contributed by atoms with Gasteiger partial charge in [0.25, 0.3) is 0 Å². The number of quaternary nitrogens is 1. The average Bonchev–Trinajstić information content (AvgIpc) is 2.88. The summed E-state index contributed by atoms with van der Waals surface area (Å²) in [4.78, 5) is 22.0. The smallest absolute Gasteiger partial charge is 0.457 e. The van der Waals surface area contributed by atoms with Crippen molar-refractivity contribution >= 4 is 13.8 Å². The molecule has 4 unspecified atom stereocenters. The first-order valence-electron chi connectivity index (χ1n) is 15.9. The fourth-order valence-electron chi connectivity index (χ4n) is 5.99. The lowest BCUT2D eigenvalue weighted by Gasteiger charge is -2.50. The molecule has 0 aromatic carbocycles. The van der Waals surface area contributed by atoms with Crippen molar-refractivity contribution in [1.82, 2.24) is 0 Å². The van der Waals surface area contributed by atoms with E-state index in [-0.39, 0.29) is 12.7 Å². The van der Waals surface area contributed by atoms with Crippen molar-refractivity contribution in [2.24, 2.45) is 5.92 Å². The van der Waals surface area contributed by atoms with Crippen molar-refractivity contribution in [3.8, 4) is 0 Å². The maximum atomic E-state index is 12.7. The van der Waals surface area contributed by atoms with E-state index in [1.165, 1.54) is 84.0 Å². The number of piperidine rings is 3. The number of phosphoric acid groups is 1. The maximum Gasteiger partial charge on any atom is 0.472 e. The highest BCUT2D eigenvalue weighted by Gasteiger charge is 2.47. The summed E-state index contributed by atoms with van der Waals surface area (Å²) >= 11 is 0. The summed E-state index contributed by atoms with van der Waals surface area (Å²) in [6, 6.07) is 0. The van der Waals surface area contributed by atoms with E-state index < -0.39 is 26.0 Å². The predicted octanol–water partition coefficient (Wildman–Crippen LogP) is 7.18. The first-order chi connectivity index (χ1) is 18.6. The first kappa shape index (κ1) is 34.7. The van der Waals surface area contributed by atoms with Crippen molar-refractivity contribution in [3.05, 3.63) is 0 Å². The highest BCUT2D eigenvalue weighted by atomic mass is 31.2. The van der Waals surface area contributed by atoms with Gasteiger partial charge in [-0.15, -0.1) is 0 Å². The second-order valence-electron chi connectivity index (χ2n) is 12.3. The number of phosphoric ester groups is 1. The van der Waals surface area contributed by atoms with Crippen LogP contribution < -0.4 is 0 Å². The number of ether oxygens (including phenoxy) is 2. The molecule has 0 aromatic heterocycles. The summed E-state index contributed by atoms with van der Waals surface area (Å²) < 4.78 is 35.8. The Kier molecular flexibility index (Phi) is 16.8. The molecule has 3 fully saturated rings.